The molecule has 0 bridgehead atoms. The van der Waals surface area contributed by atoms with Crippen LogP contribution in [0.25, 0.3) is 0 Å². The minimum atomic E-state index is -0.0641. The van der Waals surface area contributed by atoms with Crippen LogP contribution < -0.4 is 0 Å². The predicted molar refractivity (Wildman–Crippen MR) is 80.5 cm³/mol. The van der Waals surface area contributed by atoms with Crippen LogP contribution in [-0.2, 0) is 0 Å². The summed E-state index contributed by atoms with van der Waals surface area (Å²) in [4.78, 5) is 24.2. The van der Waals surface area contributed by atoms with Crippen molar-refractivity contribution < 1.29 is 9.59 Å². The van der Waals surface area contributed by atoms with Gasteiger partial charge in [0.2, 0.25) is 0 Å². The quantitative estimate of drug-likeness (QED) is 0.632. The van der Waals surface area contributed by atoms with E-state index in [1.807, 2.05) is 0 Å². The van der Waals surface area contributed by atoms with Gasteiger partial charge in [-0.15, -0.1) is 0 Å². The Balaban J connectivity index is 0.000000810. The molecule has 3 rings (SSSR count). The molecule has 0 radical (unpaired) electrons. The zero-order valence-electron chi connectivity index (χ0n) is 9.44. The zero-order chi connectivity index (χ0) is 11.1. The Kier molecular flexibility index (Phi) is 4.38. The van der Waals surface area contributed by atoms with E-state index >= 15 is 0 Å². The molecular formula is C14H12O2S2. The van der Waals surface area contributed by atoms with Crippen molar-refractivity contribution in [3.63, 3.8) is 0 Å². The molecule has 0 unspecified atom stereocenters. The van der Waals surface area contributed by atoms with E-state index < -0.39 is 0 Å². The Morgan fingerprint density at radius 1 is 0.500 bits per heavy atom. The van der Waals surface area contributed by atoms with Gasteiger partial charge in [0, 0.05) is 22.3 Å². The van der Waals surface area contributed by atoms with Crippen LogP contribution in [0.4, 0.5) is 0 Å². The van der Waals surface area contributed by atoms with Crippen molar-refractivity contribution in [3.05, 3.63) is 70.8 Å². The van der Waals surface area contributed by atoms with Gasteiger partial charge in [-0.05, 0) is 0 Å². The first-order chi connectivity index (χ1) is 7.79. The third kappa shape index (κ3) is 1.98. The third-order valence-corrected chi connectivity index (χ3v) is 2.83. The maximum Gasteiger partial charge on any atom is 0.194 e. The monoisotopic (exact) mass is 276 g/mol. The highest BCUT2D eigenvalue weighted by atomic mass is 32.1. The van der Waals surface area contributed by atoms with E-state index in [9.17, 15) is 9.59 Å². The van der Waals surface area contributed by atoms with E-state index in [1.54, 1.807) is 48.5 Å². The van der Waals surface area contributed by atoms with Crippen LogP contribution in [0, 0.1) is 0 Å². The molecule has 0 N–H and O–H groups in total. The van der Waals surface area contributed by atoms with E-state index in [0.717, 1.165) is 0 Å². The fourth-order valence-corrected chi connectivity index (χ4v) is 2.05. The summed E-state index contributed by atoms with van der Waals surface area (Å²) in [6.45, 7) is 0. The van der Waals surface area contributed by atoms with Crippen molar-refractivity contribution in [2.75, 3.05) is 0 Å². The van der Waals surface area contributed by atoms with E-state index in [-0.39, 0.29) is 38.6 Å². The zero-order valence-corrected chi connectivity index (χ0v) is 11.4. The molecule has 1 aliphatic rings. The summed E-state index contributed by atoms with van der Waals surface area (Å²) >= 11 is 0. The Hall–Kier alpha value is -1.52. The Morgan fingerprint density at radius 2 is 0.722 bits per heavy atom. The molecular weight excluding hydrogens is 264 g/mol. The molecule has 18 heavy (non-hydrogen) atoms. The van der Waals surface area contributed by atoms with Crippen LogP contribution in [0.5, 0.6) is 0 Å². The molecule has 1 aliphatic carbocycles. The van der Waals surface area contributed by atoms with Gasteiger partial charge in [-0.25, -0.2) is 0 Å². The highest BCUT2D eigenvalue weighted by Crippen LogP contribution is 2.26. The van der Waals surface area contributed by atoms with Gasteiger partial charge in [0.15, 0.2) is 11.6 Å². The van der Waals surface area contributed by atoms with Gasteiger partial charge in [-0.2, -0.15) is 27.0 Å². The number of carbonyl (C=O) groups excluding carboxylic acids is 2. The first-order valence-corrected chi connectivity index (χ1v) is 5.06. The summed E-state index contributed by atoms with van der Waals surface area (Å²) in [7, 11) is 0. The molecule has 0 amide bonds. The smallest absolute Gasteiger partial charge is 0.194 e. The lowest BCUT2D eigenvalue weighted by Crippen LogP contribution is -2.20. The number of rotatable bonds is 0. The SMILES string of the molecule is O=C1c2ccccc2C(=O)c2ccccc21.S.S. The minimum absolute atomic E-state index is 0. The lowest BCUT2D eigenvalue weighted by Gasteiger charge is -2.16. The normalized spacial score (nSPS) is 11.8. The van der Waals surface area contributed by atoms with Gasteiger partial charge in [-0.1, -0.05) is 48.5 Å². The van der Waals surface area contributed by atoms with Crippen LogP contribution in [0.1, 0.15) is 31.8 Å². The van der Waals surface area contributed by atoms with E-state index in [1.165, 1.54) is 0 Å². The molecule has 0 heterocycles. The summed E-state index contributed by atoms with van der Waals surface area (Å²) in [6.07, 6.45) is 0. The van der Waals surface area contributed by atoms with Gasteiger partial charge in [0.05, 0.1) is 0 Å². The molecule has 92 valence electrons. The fourth-order valence-electron chi connectivity index (χ4n) is 2.05. The maximum atomic E-state index is 12.1. The van der Waals surface area contributed by atoms with Crippen molar-refractivity contribution in [2.24, 2.45) is 0 Å². The molecule has 0 aromatic heterocycles. The third-order valence-electron chi connectivity index (χ3n) is 2.83. The van der Waals surface area contributed by atoms with Crippen molar-refractivity contribution in [3.8, 4) is 0 Å². The lowest BCUT2D eigenvalue weighted by molar-refractivity contribution is 0.0979. The fraction of sp³-hybridized carbons (Fsp3) is 0. The minimum Gasteiger partial charge on any atom is -0.289 e. The summed E-state index contributed by atoms with van der Waals surface area (Å²) < 4.78 is 0. The van der Waals surface area contributed by atoms with Gasteiger partial charge < -0.3 is 0 Å². The van der Waals surface area contributed by atoms with Gasteiger partial charge >= 0.3 is 0 Å². The number of ketones is 2. The van der Waals surface area contributed by atoms with E-state index in [4.69, 9.17) is 0 Å². The average Bonchev–Trinajstić information content (AvgIpc) is 2.36. The molecule has 2 aromatic carbocycles. The van der Waals surface area contributed by atoms with Gasteiger partial charge in [-0.3, -0.25) is 9.59 Å². The van der Waals surface area contributed by atoms with Crippen LogP contribution in [0.15, 0.2) is 48.5 Å². The van der Waals surface area contributed by atoms with Crippen molar-refractivity contribution in [1.82, 2.24) is 0 Å². The Bertz CT molecular complexity index is 515. The highest BCUT2D eigenvalue weighted by Gasteiger charge is 2.28. The number of benzene rings is 2. The van der Waals surface area contributed by atoms with Crippen LogP contribution in [-0.4, -0.2) is 11.6 Å². The second-order valence-electron chi connectivity index (χ2n) is 3.75. The molecule has 0 spiro atoms. The molecule has 4 heteroatoms. The van der Waals surface area contributed by atoms with Gasteiger partial charge in [0.25, 0.3) is 0 Å². The average molecular weight is 276 g/mol. The number of carbonyl (C=O) groups is 2. The first-order valence-electron chi connectivity index (χ1n) is 5.06. The summed E-state index contributed by atoms with van der Waals surface area (Å²) in [5.74, 6) is -0.128. The van der Waals surface area contributed by atoms with Gasteiger partial charge in [0.1, 0.15) is 0 Å². The van der Waals surface area contributed by atoms with E-state index in [0.29, 0.717) is 22.3 Å². The second kappa shape index (κ2) is 5.42. The van der Waals surface area contributed by atoms with Crippen LogP contribution >= 0.6 is 27.0 Å². The van der Waals surface area contributed by atoms with E-state index in [2.05, 4.69) is 0 Å². The van der Waals surface area contributed by atoms with Crippen LogP contribution in [0.3, 0.4) is 0 Å². The van der Waals surface area contributed by atoms with Crippen molar-refractivity contribution >= 4 is 38.6 Å². The summed E-state index contributed by atoms with van der Waals surface area (Å²) in [6, 6.07) is 13.9. The first kappa shape index (κ1) is 14.5. The topological polar surface area (TPSA) is 34.1 Å². The Morgan fingerprint density at radius 3 is 0.944 bits per heavy atom. The van der Waals surface area contributed by atoms with Crippen molar-refractivity contribution in [1.29, 1.82) is 0 Å². The molecule has 2 nitrogen and oxygen atoms in total. The predicted octanol–water partition coefficient (Wildman–Crippen LogP) is 2.69. The molecule has 2 aromatic rings. The standard InChI is InChI=1S/C14H8O2.2H2S/c15-13-9-5-1-2-6-10(9)14(16)12-8-4-3-7-11(12)13;;/h1-8H;2*1H2. The van der Waals surface area contributed by atoms with Crippen LogP contribution in [0.2, 0.25) is 0 Å². The molecule has 0 saturated carbocycles. The molecule has 0 saturated heterocycles. The summed E-state index contributed by atoms with van der Waals surface area (Å²) in [5, 5.41) is 0. The lowest BCUT2D eigenvalue weighted by atomic mass is 9.84. The highest BCUT2D eigenvalue weighted by molar-refractivity contribution is 7.59. The molecule has 0 fully saturated rings. The number of fused-ring (bicyclic) bond motifs is 2. The second-order valence-corrected chi connectivity index (χ2v) is 3.75. The van der Waals surface area contributed by atoms with Crippen molar-refractivity contribution in [2.45, 2.75) is 0 Å². The number of hydrogen-bond acceptors (Lipinski definition) is 2. The molecule has 0 aliphatic heterocycles. The molecule has 0 atom stereocenters. The summed E-state index contributed by atoms with van der Waals surface area (Å²) in [5.41, 5.74) is 2.02. The largest absolute Gasteiger partial charge is 0.289 e. The Labute approximate surface area is 119 Å². The maximum absolute atomic E-state index is 12.1. The number of hydrogen-bond donors (Lipinski definition) is 0.